The Balaban J connectivity index is 2.12. The lowest BCUT2D eigenvalue weighted by atomic mass is 10.1. The van der Waals surface area contributed by atoms with Crippen LogP contribution in [0.4, 0.5) is 5.95 Å². The van der Waals surface area contributed by atoms with E-state index in [2.05, 4.69) is 9.97 Å². The first-order valence-corrected chi connectivity index (χ1v) is 6.27. The SMILES string of the molecule is Cn1c(N)nc2c(ncn2[C@@H]2O[C@H](CO)[C@H](O)C2O)c1=O. The van der Waals surface area contributed by atoms with E-state index in [4.69, 9.17) is 15.6 Å². The molecule has 1 aliphatic heterocycles. The van der Waals surface area contributed by atoms with E-state index in [-0.39, 0.29) is 17.1 Å². The van der Waals surface area contributed by atoms with Crippen LogP contribution in [0.5, 0.6) is 0 Å². The second-order valence-electron chi connectivity index (χ2n) is 4.89. The topological polar surface area (TPSA) is 149 Å². The summed E-state index contributed by atoms with van der Waals surface area (Å²) in [5, 5.41) is 28.9. The van der Waals surface area contributed by atoms with Gasteiger partial charge in [-0.15, -0.1) is 0 Å². The zero-order chi connectivity index (χ0) is 15.3. The Morgan fingerprint density at radius 1 is 1.43 bits per heavy atom. The predicted molar refractivity (Wildman–Crippen MR) is 70.2 cm³/mol. The second kappa shape index (κ2) is 4.77. The molecule has 0 aromatic carbocycles. The largest absolute Gasteiger partial charge is 0.394 e. The molecule has 21 heavy (non-hydrogen) atoms. The third kappa shape index (κ3) is 1.92. The molecule has 5 N–H and O–H groups in total. The van der Waals surface area contributed by atoms with E-state index >= 15 is 0 Å². The minimum absolute atomic E-state index is 0.0130. The van der Waals surface area contributed by atoms with Gasteiger partial charge in [0.25, 0.3) is 5.56 Å². The van der Waals surface area contributed by atoms with Crippen molar-refractivity contribution in [2.45, 2.75) is 24.5 Å². The molecule has 2 aromatic rings. The van der Waals surface area contributed by atoms with Gasteiger partial charge in [0.2, 0.25) is 5.95 Å². The first-order valence-electron chi connectivity index (χ1n) is 6.27. The minimum Gasteiger partial charge on any atom is -0.394 e. The van der Waals surface area contributed by atoms with E-state index in [9.17, 15) is 15.0 Å². The van der Waals surface area contributed by atoms with Crippen LogP contribution >= 0.6 is 0 Å². The third-order valence-electron chi connectivity index (χ3n) is 3.63. The highest BCUT2D eigenvalue weighted by molar-refractivity contribution is 5.71. The number of aromatic nitrogens is 4. The molecule has 1 saturated heterocycles. The number of nitrogens with zero attached hydrogens (tertiary/aromatic N) is 4. The lowest BCUT2D eigenvalue weighted by molar-refractivity contribution is -0.0511. The van der Waals surface area contributed by atoms with Crippen molar-refractivity contribution in [3.63, 3.8) is 0 Å². The molecule has 3 rings (SSSR count). The average molecular weight is 297 g/mol. The van der Waals surface area contributed by atoms with Gasteiger partial charge in [0, 0.05) is 7.05 Å². The number of hydrogen-bond acceptors (Lipinski definition) is 8. The Hall–Kier alpha value is -2.01. The van der Waals surface area contributed by atoms with E-state index in [0.29, 0.717) is 0 Å². The number of nitrogen functional groups attached to an aromatic ring is 1. The third-order valence-corrected chi connectivity index (χ3v) is 3.63. The number of anilines is 1. The summed E-state index contributed by atoms with van der Waals surface area (Å²) in [6.07, 6.45) is -3.20. The lowest BCUT2D eigenvalue weighted by Gasteiger charge is -2.16. The van der Waals surface area contributed by atoms with Crippen LogP contribution in [0, 0.1) is 0 Å². The van der Waals surface area contributed by atoms with Crippen LogP contribution in [-0.4, -0.2) is 59.3 Å². The summed E-state index contributed by atoms with van der Waals surface area (Å²) in [5.74, 6) is -0.0130. The van der Waals surface area contributed by atoms with Crippen LogP contribution in [0.2, 0.25) is 0 Å². The highest BCUT2D eigenvalue weighted by atomic mass is 16.6. The molecule has 0 saturated carbocycles. The van der Waals surface area contributed by atoms with Crippen LogP contribution in [0.3, 0.4) is 0 Å². The molecule has 0 bridgehead atoms. The van der Waals surface area contributed by atoms with Gasteiger partial charge in [-0.1, -0.05) is 0 Å². The molecule has 0 radical (unpaired) electrons. The number of ether oxygens (including phenoxy) is 1. The van der Waals surface area contributed by atoms with Crippen molar-refractivity contribution in [3.05, 3.63) is 16.7 Å². The summed E-state index contributed by atoms with van der Waals surface area (Å²) in [6.45, 7) is -0.446. The van der Waals surface area contributed by atoms with Crippen LogP contribution < -0.4 is 11.3 Å². The first-order chi connectivity index (χ1) is 9.95. The monoisotopic (exact) mass is 297 g/mol. The summed E-state index contributed by atoms with van der Waals surface area (Å²) in [7, 11) is 1.47. The van der Waals surface area contributed by atoms with E-state index in [0.717, 1.165) is 4.57 Å². The molecule has 114 valence electrons. The highest BCUT2D eigenvalue weighted by Gasteiger charge is 2.44. The van der Waals surface area contributed by atoms with Crippen LogP contribution in [0.15, 0.2) is 11.1 Å². The maximum atomic E-state index is 12.0. The Labute approximate surface area is 118 Å². The number of fused-ring (bicyclic) bond motifs is 1. The average Bonchev–Trinajstić information content (AvgIpc) is 2.99. The maximum Gasteiger partial charge on any atom is 0.282 e. The standard InChI is InChI=1S/C11H15N5O5/c1-15-9(20)5-8(14-11(15)12)16(3-13-5)10-7(19)6(18)4(2-17)21-10/h3-4,6-7,10,17-19H,2H2,1H3,(H2,12,14)/t4-,6+,7?,10-/m1/s1. The first kappa shape index (κ1) is 13.9. The fourth-order valence-corrected chi connectivity index (χ4v) is 2.36. The summed E-state index contributed by atoms with van der Waals surface area (Å²) in [6, 6.07) is 0. The molecule has 1 unspecified atom stereocenters. The highest BCUT2D eigenvalue weighted by Crippen LogP contribution is 2.30. The van der Waals surface area contributed by atoms with E-state index in [1.807, 2.05) is 0 Å². The Morgan fingerprint density at radius 2 is 2.14 bits per heavy atom. The Bertz CT molecular complexity index is 740. The van der Waals surface area contributed by atoms with Gasteiger partial charge in [0.05, 0.1) is 12.9 Å². The van der Waals surface area contributed by atoms with Gasteiger partial charge in [0.15, 0.2) is 17.4 Å². The molecule has 0 amide bonds. The van der Waals surface area contributed by atoms with Crippen molar-refractivity contribution >= 4 is 17.1 Å². The molecular formula is C11H15N5O5. The number of aliphatic hydroxyl groups is 3. The van der Waals surface area contributed by atoms with Crippen molar-refractivity contribution < 1.29 is 20.1 Å². The quantitative estimate of drug-likeness (QED) is 0.468. The van der Waals surface area contributed by atoms with Gasteiger partial charge >= 0.3 is 0 Å². The minimum atomic E-state index is -1.29. The molecule has 10 nitrogen and oxygen atoms in total. The van der Waals surface area contributed by atoms with Gasteiger partial charge in [-0.2, -0.15) is 4.98 Å². The Morgan fingerprint density at radius 3 is 2.76 bits per heavy atom. The fraction of sp³-hybridized carbons (Fsp3) is 0.545. The van der Waals surface area contributed by atoms with E-state index < -0.39 is 36.7 Å². The number of imidazole rings is 1. The molecule has 0 aliphatic carbocycles. The molecule has 4 atom stereocenters. The van der Waals surface area contributed by atoms with Crippen LogP contribution in [-0.2, 0) is 11.8 Å². The van der Waals surface area contributed by atoms with E-state index in [1.54, 1.807) is 0 Å². The molecule has 0 spiro atoms. The van der Waals surface area contributed by atoms with Gasteiger partial charge in [-0.25, -0.2) is 4.98 Å². The fourth-order valence-electron chi connectivity index (χ4n) is 2.36. The molecule has 1 fully saturated rings. The van der Waals surface area contributed by atoms with Gasteiger partial charge in [-0.3, -0.25) is 13.9 Å². The summed E-state index contributed by atoms with van der Waals surface area (Å²) in [4.78, 5) is 20.0. The van der Waals surface area contributed by atoms with Gasteiger partial charge in [-0.05, 0) is 0 Å². The van der Waals surface area contributed by atoms with Crippen LogP contribution in [0.1, 0.15) is 6.23 Å². The molecule has 2 aromatic heterocycles. The second-order valence-corrected chi connectivity index (χ2v) is 4.89. The summed E-state index contributed by atoms with van der Waals surface area (Å²) < 4.78 is 7.85. The number of nitrogens with two attached hydrogens (primary N) is 1. The van der Waals surface area contributed by atoms with Crippen molar-refractivity contribution in [2.75, 3.05) is 12.3 Å². The Kier molecular flexibility index (Phi) is 3.17. The number of aliphatic hydroxyl groups excluding tert-OH is 3. The zero-order valence-corrected chi connectivity index (χ0v) is 11.1. The van der Waals surface area contributed by atoms with Crippen LogP contribution in [0.25, 0.3) is 11.2 Å². The normalized spacial score (nSPS) is 29.3. The van der Waals surface area contributed by atoms with Crippen molar-refractivity contribution in [1.82, 2.24) is 19.1 Å². The maximum absolute atomic E-state index is 12.0. The van der Waals surface area contributed by atoms with Crippen molar-refractivity contribution in [3.8, 4) is 0 Å². The molecular weight excluding hydrogens is 282 g/mol. The smallest absolute Gasteiger partial charge is 0.282 e. The van der Waals surface area contributed by atoms with Gasteiger partial charge < -0.3 is 25.8 Å². The lowest BCUT2D eigenvalue weighted by Crippen LogP contribution is -2.33. The predicted octanol–water partition coefficient (Wildman–Crippen LogP) is -2.68. The molecule has 10 heteroatoms. The van der Waals surface area contributed by atoms with Gasteiger partial charge in [0.1, 0.15) is 18.3 Å². The number of rotatable bonds is 2. The molecule has 3 heterocycles. The number of hydrogen-bond donors (Lipinski definition) is 4. The molecule has 1 aliphatic rings. The van der Waals surface area contributed by atoms with Crippen molar-refractivity contribution in [2.24, 2.45) is 7.05 Å². The summed E-state index contributed by atoms with van der Waals surface area (Å²) in [5.41, 5.74) is 5.44. The van der Waals surface area contributed by atoms with Crippen molar-refractivity contribution in [1.29, 1.82) is 0 Å². The zero-order valence-electron chi connectivity index (χ0n) is 11.1. The van der Waals surface area contributed by atoms with E-state index in [1.165, 1.54) is 17.9 Å². The summed E-state index contributed by atoms with van der Waals surface area (Å²) >= 11 is 0.